The van der Waals surface area contributed by atoms with Gasteiger partial charge in [0, 0.05) is 35.1 Å². The third kappa shape index (κ3) is 3.56. The molecule has 0 spiro atoms. The maximum atomic E-state index is 9.37. The Bertz CT molecular complexity index is 1410. The lowest BCUT2D eigenvalue weighted by molar-refractivity contribution is 0.219. The first-order chi connectivity index (χ1) is 15.5. The first-order valence-corrected chi connectivity index (χ1v) is 10.4. The van der Waals surface area contributed by atoms with Gasteiger partial charge in [-0.1, -0.05) is 0 Å². The molecular formula is C23H23N7O2. The Labute approximate surface area is 184 Å². The second kappa shape index (κ2) is 8.01. The SMILES string of the molecule is Cc1cc2nc(C)c(O[C@@H](C)c3nc4c(cnn4CCO)cc3-n3cccn3)cc2cn1. The number of aliphatic hydroxyl groups excluding tert-OH is 1. The lowest BCUT2D eigenvalue weighted by atomic mass is 10.1. The number of fused-ring (bicyclic) bond motifs is 2. The molecule has 0 aliphatic carbocycles. The van der Waals surface area contributed by atoms with E-state index in [2.05, 4.69) is 15.2 Å². The molecule has 0 aliphatic rings. The summed E-state index contributed by atoms with van der Waals surface area (Å²) in [6, 6.07) is 7.77. The van der Waals surface area contributed by atoms with Gasteiger partial charge in [-0.15, -0.1) is 0 Å². The molecule has 9 nitrogen and oxygen atoms in total. The van der Waals surface area contributed by atoms with Crippen molar-refractivity contribution in [2.24, 2.45) is 0 Å². The quantitative estimate of drug-likeness (QED) is 0.442. The highest BCUT2D eigenvalue weighted by Crippen LogP contribution is 2.30. The molecule has 0 fully saturated rings. The van der Waals surface area contributed by atoms with E-state index in [9.17, 15) is 5.11 Å². The van der Waals surface area contributed by atoms with E-state index in [0.717, 1.165) is 33.4 Å². The number of aromatic nitrogens is 7. The van der Waals surface area contributed by atoms with Crippen molar-refractivity contribution < 1.29 is 9.84 Å². The summed E-state index contributed by atoms with van der Waals surface area (Å²) in [7, 11) is 0. The smallest absolute Gasteiger partial charge is 0.158 e. The predicted molar refractivity (Wildman–Crippen MR) is 120 cm³/mol. The molecule has 5 aromatic rings. The molecule has 5 rings (SSSR count). The van der Waals surface area contributed by atoms with E-state index >= 15 is 0 Å². The Hall–Kier alpha value is -3.85. The molecule has 5 aromatic heterocycles. The van der Waals surface area contributed by atoms with Crippen molar-refractivity contribution in [2.75, 3.05) is 6.61 Å². The first kappa shape index (κ1) is 20.1. The van der Waals surface area contributed by atoms with Gasteiger partial charge in [0.2, 0.25) is 0 Å². The minimum absolute atomic E-state index is 0.0176. The summed E-state index contributed by atoms with van der Waals surface area (Å²) in [6.45, 7) is 6.18. The number of ether oxygens (including phenoxy) is 1. The fourth-order valence-electron chi connectivity index (χ4n) is 3.77. The topological polar surface area (TPSA) is 104 Å². The van der Waals surface area contributed by atoms with E-state index in [1.807, 2.05) is 57.4 Å². The Morgan fingerprint density at radius 3 is 2.72 bits per heavy atom. The maximum Gasteiger partial charge on any atom is 0.158 e. The lowest BCUT2D eigenvalue weighted by Crippen LogP contribution is -2.13. The second-order valence-electron chi connectivity index (χ2n) is 7.70. The summed E-state index contributed by atoms with van der Waals surface area (Å²) in [5, 5.41) is 19.9. The largest absolute Gasteiger partial charge is 0.482 e. The van der Waals surface area contributed by atoms with Crippen molar-refractivity contribution >= 4 is 21.9 Å². The van der Waals surface area contributed by atoms with Gasteiger partial charge in [-0.2, -0.15) is 10.2 Å². The minimum atomic E-state index is -0.396. The molecule has 1 atom stereocenters. The van der Waals surface area contributed by atoms with Crippen molar-refractivity contribution in [3.63, 3.8) is 0 Å². The average Bonchev–Trinajstić information content (AvgIpc) is 3.44. The van der Waals surface area contributed by atoms with Gasteiger partial charge >= 0.3 is 0 Å². The van der Waals surface area contributed by atoms with Crippen LogP contribution in [0, 0.1) is 13.8 Å². The molecule has 0 aromatic carbocycles. The van der Waals surface area contributed by atoms with E-state index in [4.69, 9.17) is 14.7 Å². The highest BCUT2D eigenvalue weighted by Gasteiger charge is 2.20. The predicted octanol–water partition coefficient (Wildman–Crippen LogP) is 3.31. The number of pyridine rings is 3. The van der Waals surface area contributed by atoms with E-state index in [0.29, 0.717) is 23.6 Å². The summed E-state index contributed by atoms with van der Waals surface area (Å²) in [5.41, 5.74) is 4.81. The molecule has 0 unspecified atom stereocenters. The Balaban J connectivity index is 1.59. The van der Waals surface area contributed by atoms with Gasteiger partial charge < -0.3 is 9.84 Å². The van der Waals surface area contributed by atoms with Crippen LogP contribution in [0.15, 0.2) is 49.1 Å². The van der Waals surface area contributed by atoms with Gasteiger partial charge in [0.05, 0.1) is 36.2 Å². The summed E-state index contributed by atoms with van der Waals surface area (Å²) in [5.74, 6) is 0.674. The number of aryl methyl sites for hydroxylation is 2. The maximum absolute atomic E-state index is 9.37. The van der Waals surface area contributed by atoms with Crippen LogP contribution in [0.4, 0.5) is 0 Å². The Morgan fingerprint density at radius 2 is 1.94 bits per heavy atom. The van der Waals surface area contributed by atoms with Crippen LogP contribution in [0.1, 0.15) is 30.1 Å². The number of nitrogens with zero attached hydrogens (tertiary/aromatic N) is 7. The van der Waals surface area contributed by atoms with E-state index in [-0.39, 0.29) is 6.61 Å². The monoisotopic (exact) mass is 429 g/mol. The van der Waals surface area contributed by atoms with Crippen LogP contribution in [-0.4, -0.2) is 46.2 Å². The van der Waals surface area contributed by atoms with Gasteiger partial charge in [0.15, 0.2) is 5.65 Å². The Morgan fingerprint density at radius 1 is 1.06 bits per heavy atom. The number of rotatable bonds is 6. The van der Waals surface area contributed by atoms with E-state index < -0.39 is 6.10 Å². The van der Waals surface area contributed by atoms with Crippen LogP contribution < -0.4 is 4.74 Å². The van der Waals surface area contributed by atoms with Crippen molar-refractivity contribution in [3.05, 3.63) is 66.1 Å². The molecular weight excluding hydrogens is 406 g/mol. The van der Waals surface area contributed by atoms with Crippen molar-refractivity contribution in [1.29, 1.82) is 0 Å². The summed E-state index contributed by atoms with van der Waals surface area (Å²) >= 11 is 0. The molecule has 5 heterocycles. The van der Waals surface area contributed by atoms with Crippen LogP contribution in [0.2, 0.25) is 0 Å². The lowest BCUT2D eigenvalue weighted by Gasteiger charge is -2.19. The third-order valence-corrected chi connectivity index (χ3v) is 5.35. The number of aliphatic hydroxyl groups is 1. The molecule has 0 saturated heterocycles. The molecule has 0 amide bonds. The molecule has 0 saturated carbocycles. The van der Waals surface area contributed by atoms with Crippen molar-refractivity contribution in [1.82, 2.24) is 34.5 Å². The highest BCUT2D eigenvalue weighted by molar-refractivity contribution is 5.80. The molecule has 1 N–H and O–H groups in total. The summed E-state index contributed by atoms with van der Waals surface area (Å²) < 4.78 is 9.82. The highest BCUT2D eigenvalue weighted by atomic mass is 16.5. The molecule has 9 heteroatoms. The molecule has 0 radical (unpaired) electrons. The van der Waals surface area contributed by atoms with Crippen LogP contribution in [0.25, 0.3) is 27.6 Å². The fraction of sp³-hybridized carbons (Fsp3) is 0.261. The zero-order valence-corrected chi connectivity index (χ0v) is 18.1. The minimum Gasteiger partial charge on any atom is -0.482 e. The zero-order chi connectivity index (χ0) is 22.2. The standard InChI is InChI=1S/C23H23N7O2/c1-14-9-19-17(12-24-14)11-21(15(2)27-19)32-16(3)22-20(29-6-4-5-25-29)10-18-13-26-30(7-8-31)23(18)28-22/h4-6,9-13,16,31H,7-8H2,1-3H3/t16-/m0/s1. The number of hydrogen-bond donors (Lipinski definition) is 1. The number of hydrogen-bond acceptors (Lipinski definition) is 7. The average molecular weight is 429 g/mol. The first-order valence-electron chi connectivity index (χ1n) is 10.4. The van der Waals surface area contributed by atoms with Crippen LogP contribution in [0.5, 0.6) is 5.75 Å². The van der Waals surface area contributed by atoms with E-state index in [1.54, 1.807) is 21.8 Å². The van der Waals surface area contributed by atoms with E-state index in [1.165, 1.54) is 0 Å². The van der Waals surface area contributed by atoms with Gasteiger partial charge in [0.1, 0.15) is 17.5 Å². The van der Waals surface area contributed by atoms with Gasteiger partial charge in [-0.3, -0.25) is 4.98 Å². The molecule has 0 aliphatic heterocycles. The fourth-order valence-corrected chi connectivity index (χ4v) is 3.77. The van der Waals surface area contributed by atoms with Crippen LogP contribution in [-0.2, 0) is 6.54 Å². The van der Waals surface area contributed by atoms with Gasteiger partial charge in [-0.05, 0) is 45.0 Å². The Kier molecular flexibility index (Phi) is 5.02. The second-order valence-corrected chi connectivity index (χ2v) is 7.70. The normalized spacial score (nSPS) is 12.5. The van der Waals surface area contributed by atoms with Crippen molar-refractivity contribution in [2.45, 2.75) is 33.4 Å². The zero-order valence-electron chi connectivity index (χ0n) is 18.1. The van der Waals surface area contributed by atoms with Crippen LogP contribution in [0.3, 0.4) is 0 Å². The van der Waals surface area contributed by atoms with Crippen molar-refractivity contribution in [3.8, 4) is 11.4 Å². The summed E-state index contributed by atoms with van der Waals surface area (Å²) in [6.07, 6.45) is 6.75. The summed E-state index contributed by atoms with van der Waals surface area (Å²) in [4.78, 5) is 13.9. The molecule has 32 heavy (non-hydrogen) atoms. The van der Waals surface area contributed by atoms with Gasteiger partial charge in [-0.25, -0.2) is 19.3 Å². The molecule has 0 bridgehead atoms. The van der Waals surface area contributed by atoms with Crippen LogP contribution >= 0.6 is 0 Å². The third-order valence-electron chi connectivity index (χ3n) is 5.35. The molecule has 162 valence electrons. The van der Waals surface area contributed by atoms with Gasteiger partial charge in [0.25, 0.3) is 0 Å².